The summed E-state index contributed by atoms with van der Waals surface area (Å²) in [6.07, 6.45) is 0.625. The molecule has 0 aliphatic carbocycles. The van der Waals surface area contributed by atoms with Gasteiger partial charge in [0.05, 0.1) is 12.5 Å². The van der Waals surface area contributed by atoms with E-state index in [0.717, 1.165) is 11.3 Å². The van der Waals surface area contributed by atoms with Gasteiger partial charge in [-0.2, -0.15) is 4.98 Å². The molecule has 0 bridgehead atoms. The van der Waals surface area contributed by atoms with E-state index in [2.05, 4.69) is 20.4 Å². The van der Waals surface area contributed by atoms with Crippen LogP contribution < -0.4 is 10.9 Å². The summed E-state index contributed by atoms with van der Waals surface area (Å²) in [5, 5.41) is 7.47. The third-order valence-corrected chi connectivity index (χ3v) is 6.03. The zero-order chi connectivity index (χ0) is 20.4. The van der Waals surface area contributed by atoms with E-state index in [1.165, 1.54) is 11.8 Å². The largest absolute Gasteiger partial charge is 0.347 e. The molecule has 1 unspecified atom stereocenters. The zero-order valence-electron chi connectivity index (χ0n) is 16.2. The average Bonchev–Trinajstić information content (AvgIpc) is 3.22. The average molecular weight is 411 g/mol. The Hall–Kier alpha value is -2.94. The Bertz CT molecular complexity index is 1090. The van der Waals surface area contributed by atoms with E-state index in [9.17, 15) is 9.59 Å². The molecule has 1 amide bonds. The molecule has 1 aliphatic heterocycles. The van der Waals surface area contributed by atoms with Gasteiger partial charge in [-0.05, 0) is 13.3 Å². The lowest BCUT2D eigenvalue weighted by Gasteiger charge is -2.25. The number of amides is 1. The fourth-order valence-electron chi connectivity index (χ4n) is 3.30. The number of nitrogens with one attached hydrogen (secondary N) is 1. The minimum atomic E-state index is -0.323. The van der Waals surface area contributed by atoms with E-state index in [4.69, 9.17) is 4.52 Å². The van der Waals surface area contributed by atoms with Crippen LogP contribution in [0.15, 0.2) is 44.8 Å². The zero-order valence-corrected chi connectivity index (χ0v) is 17.0. The second-order valence-corrected chi connectivity index (χ2v) is 7.82. The second-order valence-electron chi connectivity index (χ2n) is 6.83. The molecule has 0 fully saturated rings. The van der Waals surface area contributed by atoms with Crippen molar-refractivity contribution in [1.82, 2.24) is 25.0 Å². The van der Waals surface area contributed by atoms with Gasteiger partial charge in [0, 0.05) is 29.1 Å². The van der Waals surface area contributed by atoms with Crippen LogP contribution in [0.5, 0.6) is 0 Å². The molecule has 8 nitrogen and oxygen atoms in total. The lowest BCUT2D eigenvalue weighted by molar-refractivity contribution is -0.125. The van der Waals surface area contributed by atoms with Crippen LogP contribution in [-0.4, -0.2) is 31.4 Å². The van der Waals surface area contributed by atoms with Gasteiger partial charge in [-0.1, -0.05) is 54.2 Å². The molecule has 1 aromatic carbocycles. The number of hydrogen-bond donors (Lipinski definition) is 1. The number of rotatable bonds is 5. The molecular weight excluding hydrogens is 390 g/mol. The third-order valence-electron chi connectivity index (χ3n) is 4.89. The number of benzene rings is 1. The van der Waals surface area contributed by atoms with E-state index in [-0.39, 0.29) is 23.9 Å². The number of carbonyl (C=O) groups is 1. The van der Waals surface area contributed by atoms with E-state index in [1.54, 1.807) is 4.57 Å². The molecular formula is C20H21N5O3S. The minimum absolute atomic E-state index is 0.0515. The normalized spacial score (nSPS) is 15.7. The molecule has 3 aromatic rings. The van der Waals surface area contributed by atoms with Crippen LogP contribution in [0.1, 0.15) is 24.1 Å². The highest BCUT2D eigenvalue weighted by molar-refractivity contribution is 7.99. The van der Waals surface area contributed by atoms with Gasteiger partial charge in [0.2, 0.25) is 17.6 Å². The van der Waals surface area contributed by atoms with Crippen LogP contribution in [-0.2, 0) is 24.3 Å². The summed E-state index contributed by atoms with van der Waals surface area (Å²) in [5.41, 5.74) is 2.27. The van der Waals surface area contributed by atoms with E-state index in [0.29, 0.717) is 41.2 Å². The molecule has 1 N–H and O–H groups in total. The van der Waals surface area contributed by atoms with Crippen molar-refractivity contribution in [2.24, 2.45) is 5.92 Å². The maximum Gasteiger partial charge on any atom is 0.257 e. The number of carbonyl (C=O) groups excluding carboxylic acids is 1. The quantitative estimate of drug-likeness (QED) is 0.642. The monoisotopic (exact) mass is 411 g/mol. The molecule has 0 radical (unpaired) electrons. The molecule has 3 heterocycles. The van der Waals surface area contributed by atoms with Gasteiger partial charge < -0.3 is 9.84 Å². The predicted molar refractivity (Wildman–Crippen MR) is 108 cm³/mol. The van der Waals surface area contributed by atoms with E-state index in [1.807, 2.05) is 44.2 Å². The van der Waals surface area contributed by atoms with Gasteiger partial charge in [-0.15, -0.1) is 0 Å². The predicted octanol–water partition coefficient (Wildman–Crippen LogP) is 2.20. The summed E-state index contributed by atoms with van der Waals surface area (Å²) >= 11 is 1.44. The molecule has 29 heavy (non-hydrogen) atoms. The minimum Gasteiger partial charge on any atom is -0.347 e. The van der Waals surface area contributed by atoms with Crippen LogP contribution in [0.2, 0.25) is 0 Å². The molecule has 2 aromatic heterocycles. The second kappa shape index (κ2) is 8.20. The molecule has 9 heteroatoms. The van der Waals surface area contributed by atoms with Gasteiger partial charge in [0.15, 0.2) is 5.16 Å². The summed E-state index contributed by atoms with van der Waals surface area (Å²) in [5.74, 6) is 0.924. The summed E-state index contributed by atoms with van der Waals surface area (Å²) in [6, 6.07) is 9.49. The Labute approximate surface area is 171 Å². The maximum atomic E-state index is 12.7. The number of aryl methyl sites for hydroxylation is 1. The lowest BCUT2D eigenvalue weighted by Crippen LogP contribution is -2.40. The van der Waals surface area contributed by atoms with Crippen LogP contribution in [0.4, 0.5) is 0 Å². The Balaban J connectivity index is 1.42. The molecule has 0 spiro atoms. The van der Waals surface area contributed by atoms with Crippen LogP contribution in [0.3, 0.4) is 0 Å². The van der Waals surface area contributed by atoms with Gasteiger partial charge in [-0.25, -0.2) is 4.98 Å². The van der Waals surface area contributed by atoms with Crippen molar-refractivity contribution in [1.29, 1.82) is 0 Å². The third kappa shape index (κ3) is 3.95. The van der Waals surface area contributed by atoms with E-state index < -0.39 is 0 Å². The van der Waals surface area contributed by atoms with Crippen molar-refractivity contribution in [2.45, 2.75) is 38.5 Å². The highest BCUT2D eigenvalue weighted by atomic mass is 32.2. The van der Waals surface area contributed by atoms with Crippen molar-refractivity contribution in [3.63, 3.8) is 0 Å². The Morgan fingerprint density at radius 2 is 2.10 bits per heavy atom. The van der Waals surface area contributed by atoms with Crippen molar-refractivity contribution in [2.75, 3.05) is 5.75 Å². The first-order valence-corrected chi connectivity index (χ1v) is 10.4. The van der Waals surface area contributed by atoms with Crippen molar-refractivity contribution >= 4 is 17.7 Å². The molecule has 1 aliphatic rings. The highest BCUT2D eigenvalue weighted by Crippen LogP contribution is 2.26. The smallest absolute Gasteiger partial charge is 0.257 e. The fourth-order valence-corrected chi connectivity index (χ4v) is 4.42. The topological polar surface area (TPSA) is 103 Å². The van der Waals surface area contributed by atoms with Gasteiger partial charge in [0.25, 0.3) is 5.56 Å². The number of aromatic nitrogens is 4. The highest BCUT2D eigenvalue weighted by Gasteiger charge is 2.28. The van der Waals surface area contributed by atoms with Gasteiger partial charge >= 0.3 is 0 Å². The summed E-state index contributed by atoms with van der Waals surface area (Å²) in [6.45, 7) is 4.27. The first kappa shape index (κ1) is 19.4. The van der Waals surface area contributed by atoms with Crippen LogP contribution >= 0.6 is 11.8 Å². The summed E-state index contributed by atoms with van der Waals surface area (Å²) in [7, 11) is 0. The van der Waals surface area contributed by atoms with E-state index >= 15 is 0 Å². The first-order valence-electron chi connectivity index (χ1n) is 9.45. The number of nitrogens with zero attached hydrogens (tertiary/aromatic N) is 4. The fraction of sp³-hybridized carbons (Fsp3) is 0.350. The Morgan fingerprint density at radius 1 is 1.31 bits per heavy atom. The van der Waals surface area contributed by atoms with Crippen LogP contribution in [0.25, 0.3) is 11.4 Å². The lowest BCUT2D eigenvalue weighted by atomic mass is 10.1. The molecule has 150 valence electrons. The van der Waals surface area contributed by atoms with Crippen LogP contribution in [0, 0.1) is 12.8 Å². The molecule has 4 rings (SSSR count). The Kier molecular flexibility index (Phi) is 5.48. The molecule has 0 saturated carbocycles. The van der Waals surface area contributed by atoms with Gasteiger partial charge in [0.1, 0.15) is 0 Å². The maximum absolute atomic E-state index is 12.7. The Morgan fingerprint density at radius 3 is 2.86 bits per heavy atom. The SMILES string of the molecule is CCc1c(C)nc2n(c1=O)CC(C(=O)NCc1nc(-c3ccccc3)no1)CS2. The molecule has 1 atom stereocenters. The van der Waals surface area contributed by atoms with Crippen molar-refractivity contribution in [3.05, 3.63) is 57.8 Å². The van der Waals surface area contributed by atoms with Crippen molar-refractivity contribution in [3.8, 4) is 11.4 Å². The standard InChI is InChI=1S/C20H21N5O3S/c1-3-15-12(2)22-20-25(19(15)27)10-14(11-29-20)18(26)21-9-16-23-17(24-28-16)13-7-5-4-6-8-13/h4-8,14H,3,9-11H2,1-2H3,(H,21,26). The number of fused-ring (bicyclic) bond motifs is 1. The first-order chi connectivity index (χ1) is 14.1. The van der Waals surface area contributed by atoms with Crippen molar-refractivity contribution < 1.29 is 9.32 Å². The summed E-state index contributed by atoms with van der Waals surface area (Å²) < 4.78 is 6.84. The number of hydrogen-bond acceptors (Lipinski definition) is 7. The summed E-state index contributed by atoms with van der Waals surface area (Å²) in [4.78, 5) is 34.2. The molecule has 0 saturated heterocycles. The van der Waals surface area contributed by atoms with Gasteiger partial charge in [-0.3, -0.25) is 14.2 Å². The number of thioether (sulfide) groups is 1.